The molecule has 1 atom stereocenters. The van der Waals surface area contributed by atoms with E-state index in [1.165, 1.54) is 60.6 Å². The molecule has 0 spiro atoms. The van der Waals surface area contributed by atoms with Crippen LogP contribution in [0.15, 0.2) is 36.0 Å². The summed E-state index contributed by atoms with van der Waals surface area (Å²) in [6, 6.07) is 3.93. The van der Waals surface area contributed by atoms with Crippen LogP contribution in [0.1, 0.15) is 61.9 Å². The molecule has 1 N–H and O–H groups in total. The summed E-state index contributed by atoms with van der Waals surface area (Å²) in [5, 5.41) is 22.0. The van der Waals surface area contributed by atoms with Crippen molar-refractivity contribution in [2.24, 2.45) is 0 Å². The van der Waals surface area contributed by atoms with Crippen LogP contribution in [-0.2, 0) is 11.3 Å². The summed E-state index contributed by atoms with van der Waals surface area (Å²) in [6.45, 7) is 6.02. The van der Waals surface area contributed by atoms with Crippen LogP contribution in [0.3, 0.4) is 0 Å². The third kappa shape index (κ3) is 6.59. The summed E-state index contributed by atoms with van der Waals surface area (Å²) in [6.07, 6.45) is 7.17. The van der Waals surface area contributed by atoms with Crippen molar-refractivity contribution in [2.75, 3.05) is 11.1 Å². The molecule has 0 saturated heterocycles. The van der Waals surface area contributed by atoms with E-state index in [1.807, 2.05) is 4.57 Å². The summed E-state index contributed by atoms with van der Waals surface area (Å²) in [4.78, 5) is 12.5. The Morgan fingerprint density at radius 3 is 2.89 bits per heavy atom. The van der Waals surface area contributed by atoms with Crippen molar-refractivity contribution in [3.8, 4) is 5.75 Å². The van der Waals surface area contributed by atoms with Gasteiger partial charge in [-0.05, 0) is 38.0 Å². The number of anilines is 1. The van der Waals surface area contributed by atoms with Crippen LogP contribution in [0.25, 0.3) is 0 Å². The van der Waals surface area contributed by atoms with Crippen LogP contribution in [0.2, 0.25) is 5.02 Å². The van der Waals surface area contributed by atoms with Gasteiger partial charge in [0.1, 0.15) is 16.6 Å². The number of carbonyl (C=O) groups excluding carboxylic acids is 1. The van der Waals surface area contributed by atoms with Gasteiger partial charge in [0.2, 0.25) is 11.0 Å². The number of halogens is 2. The molecule has 1 amide bonds. The molecule has 1 saturated carbocycles. The number of nitrogens with one attached hydrogen (secondary N) is 1. The predicted octanol–water partition coefficient (Wildman–Crippen LogP) is 6.03. The Hall–Kier alpha value is -2.50. The Labute approximate surface area is 216 Å². The van der Waals surface area contributed by atoms with Gasteiger partial charge in [0.05, 0.1) is 10.8 Å². The highest BCUT2D eigenvalue weighted by Crippen LogP contribution is 2.35. The summed E-state index contributed by atoms with van der Waals surface area (Å²) in [7, 11) is 0. The number of thioether (sulfide) groups is 1. The highest BCUT2D eigenvalue weighted by Gasteiger charge is 2.22. The predicted molar refractivity (Wildman–Crippen MR) is 136 cm³/mol. The molecule has 1 unspecified atom stereocenters. The first-order valence-corrected chi connectivity index (χ1v) is 13.5. The van der Waals surface area contributed by atoms with E-state index < -0.39 is 11.9 Å². The number of benzene rings is 1. The van der Waals surface area contributed by atoms with Gasteiger partial charge in [0.25, 0.3) is 0 Å². The molecule has 1 aliphatic carbocycles. The summed E-state index contributed by atoms with van der Waals surface area (Å²) in [5.41, 5.74) is 0. The van der Waals surface area contributed by atoms with E-state index in [-0.39, 0.29) is 16.7 Å². The first kappa shape index (κ1) is 25.6. The second-order valence-electron chi connectivity index (χ2n) is 8.19. The smallest absolute Gasteiger partial charge is 0.236 e. The zero-order valence-electron chi connectivity index (χ0n) is 19.2. The first-order chi connectivity index (χ1) is 16.9. The zero-order chi connectivity index (χ0) is 24.8. The number of allylic oxidation sites excluding steroid dienone is 1. The molecule has 0 bridgehead atoms. The Balaban J connectivity index is 1.37. The molecule has 1 fully saturated rings. The second kappa shape index (κ2) is 12.0. The van der Waals surface area contributed by atoms with Gasteiger partial charge in [-0.3, -0.25) is 14.7 Å². The fourth-order valence-corrected chi connectivity index (χ4v) is 5.80. The molecule has 2 aromatic heterocycles. The van der Waals surface area contributed by atoms with Crippen LogP contribution in [0.4, 0.5) is 9.52 Å². The molecule has 0 radical (unpaired) electrons. The Kier molecular flexibility index (Phi) is 8.74. The number of nitrogens with zero attached hydrogens (tertiary/aromatic N) is 5. The van der Waals surface area contributed by atoms with Gasteiger partial charge in [-0.2, -0.15) is 0 Å². The van der Waals surface area contributed by atoms with E-state index in [4.69, 9.17) is 16.3 Å². The molecule has 35 heavy (non-hydrogen) atoms. The quantitative estimate of drug-likeness (QED) is 0.250. The molecule has 4 rings (SSSR count). The van der Waals surface area contributed by atoms with Gasteiger partial charge in [-0.15, -0.1) is 27.0 Å². The molecule has 8 nitrogen and oxygen atoms in total. The topological polar surface area (TPSA) is 94.8 Å². The maximum atomic E-state index is 13.3. The monoisotopic (exact) mass is 536 g/mol. The number of amides is 1. The largest absolute Gasteiger partial charge is 0.481 e. The third-order valence-corrected chi connectivity index (χ3v) is 7.86. The van der Waals surface area contributed by atoms with Crippen molar-refractivity contribution < 1.29 is 13.9 Å². The van der Waals surface area contributed by atoms with E-state index in [0.717, 1.165) is 17.8 Å². The van der Waals surface area contributed by atoms with Crippen molar-refractivity contribution in [3.63, 3.8) is 0 Å². The van der Waals surface area contributed by atoms with Crippen LogP contribution in [-0.4, -0.2) is 36.6 Å². The molecular formula is C23H26ClFN6O2S2. The van der Waals surface area contributed by atoms with E-state index >= 15 is 0 Å². The number of aromatic nitrogens is 5. The van der Waals surface area contributed by atoms with Gasteiger partial charge in [-0.25, -0.2) is 4.39 Å². The minimum Gasteiger partial charge on any atom is -0.481 e. The molecular weight excluding hydrogens is 511 g/mol. The van der Waals surface area contributed by atoms with Crippen molar-refractivity contribution in [1.82, 2.24) is 25.0 Å². The van der Waals surface area contributed by atoms with Crippen molar-refractivity contribution in [1.29, 1.82) is 0 Å². The summed E-state index contributed by atoms with van der Waals surface area (Å²) < 4.78 is 21.0. The Bertz CT molecular complexity index is 1180. The fraction of sp³-hybridized carbons (Fsp3) is 0.435. The second-order valence-corrected chi connectivity index (χ2v) is 10.6. The maximum Gasteiger partial charge on any atom is 0.236 e. The minimum atomic E-state index is -0.520. The number of hydrogen-bond acceptors (Lipinski definition) is 8. The highest BCUT2D eigenvalue weighted by molar-refractivity contribution is 7.99. The first-order valence-electron chi connectivity index (χ1n) is 11.4. The average molecular weight is 537 g/mol. The average Bonchev–Trinajstić information content (AvgIpc) is 3.47. The SMILES string of the molecule is C=CCn1c(SCC(=O)Nc2nnc(C3CCCCC3)s2)nnc1C(C)Oc1ccc(F)cc1Cl. The lowest BCUT2D eigenvalue weighted by molar-refractivity contribution is -0.113. The van der Waals surface area contributed by atoms with Crippen LogP contribution < -0.4 is 10.1 Å². The number of ether oxygens (including phenoxy) is 1. The highest BCUT2D eigenvalue weighted by atomic mass is 35.5. The van der Waals surface area contributed by atoms with Crippen LogP contribution in [0, 0.1) is 5.82 Å². The van der Waals surface area contributed by atoms with E-state index in [2.05, 4.69) is 32.3 Å². The lowest BCUT2D eigenvalue weighted by Gasteiger charge is -2.18. The number of rotatable bonds is 10. The zero-order valence-corrected chi connectivity index (χ0v) is 21.6. The molecule has 186 valence electrons. The van der Waals surface area contributed by atoms with Crippen molar-refractivity contribution in [3.05, 3.63) is 52.5 Å². The van der Waals surface area contributed by atoms with Gasteiger partial charge in [-0.1, -0.05) is 60.0 Å². The van der Waals surface area contributed by atoms with E-state index in [9.17, 15) is 9.18 Å². The molecule has 2 heterocycles. The normalized spacial score (nSPS) is 15.1. The fourth-order valence-electron chi connectivity index (χ4n) is 3.91. The molecule has 12 heteroatoms. The molecule has 3 aromatic rings. The van der Waals surface area contributed by atoms with Gasteiger partial charge in [0, 0.05) is 12.5 Å². The van der Waals surface area contributed by atoms with E-state index in [0.29, 0.717) is 34.3 Å². The maximum absolute atomic E-state index is 13.3. The number of hydrogen-bond donors (Lipinski definition) is 1. The molecule has 1 aromatic carbocycles. The molecule has 1 aliphatic rings. The van der Waals surface area contributed by atoms with Crippen LogP contribution >= 0.6 is 34.7 Å². The molecule has 0 aliphatic heterocycles. The van der Waals surface area contributed by atoms with E-state index in [1.54, 1.807) is 13.0 Å². The van der Waals surface area contributed by atoms with Gasteiger partial charge >= 0.3 is 0 Å². The number of carbonyl (C=O) groups is 1. The standard InChI is InChI=1S/C23H26ClFN6O2S2/c1-3-11-31-20(14(2)33-18-10-9-16(25)12-17(18)24)27-30-23(31)34-13-19(32)26-22-29-28-21(35-22)15-7-5-4-6-8-15/h3,9-10,12,14-15H,1,4-8,11,13H2,2H3,(H,26,29,32). The summed E-state index contributed by atoms with van der Waals surface area (Å²) >= 11 is 8.79. The van der Waals surface area contributed by atoms with Gasteiger partial charge < -0.3 is 4.74 Å². The minimum absolute atomic E-state index is 0.132. The Morgan fingerprint density at radius 2 is 2.14 bits per heavy atom. The van der Waals surface area contributed by atoms with Crippen molar-refractivity contribution in [2.45, 2.75) is 62.8 Å². The lowest BCUT2D eigenvalue weighted by atomic mass is 9.90. The van der Waals surface area contributed by atoms with Crippen molar-refractivity contribution >= 4 is 45.7 Å². The van der Waals surface area contributed by atoms with Gasteiger partial charge in [0.15, 0.2) is 17.1 Å². The van der Waals surface area contributed by atoms with Crippen LogP contribution in [0.5, 0.6) is 5.75 Å². The Morgan fingerprint density at radius 1 is 1.34 bits per heavy atom. The third-order valence-electron chi connectivity index (χ3n) is 5.59. The summed E-state index contributed by atoms with van der Waals surface area (Å²) in [5.74, 6) is 0.818. The lowest BCUT2D eigenvalue weighted by Crippen LogP contribution is -2.15.